The highest BCUT2D eigenvalue weighted by molar-refractivity contribution is 5.54. The molecule has 0 unspecified atom stereocenters. The van der Waals surface area contributed by atoms with E-state index in [1.54, 1.807) is 0 Å². The van der Waals surface area contributed by atoms with Crippen LogP contribution >= 0.6 is 0 Å². The van der Waals surface area contributed by atoms with E-state index in [4.69, 9.17) is 0 Å². The average Bonchev–Trinajstić information content (AvgIpc) is 3.33. The predicted molar refractivity (Wildman–Crippen MR) is 91.7 cm³/mol. The van der Waals surface area contributed by atoms with Crippen molar-refractivity contribution in [3.63, 3.8) is 0 Å². The van der Waals surface area contributed by atoms with Crippen LogP contribution in [-0.2, 0) is 20.0 Å². The number of rotatable bonds is 5. The summed E-state index contributed by atoms with van der Waals surface area (Å²) >= 11 is 0. The van der Waals surface area contributed by atoms with Gasteiger partial charge in [0.1, 0.15) is 5.69 Å². The Balaban J connectivity index is 1.62. The molecule has 24 heavy (non-hydrogen) atoms. The minimum absolute atomic E-state index is 0.848. The summed E-state index contributed by atoms with van der Waals surface area (Å²) in [6.07, 6.45) is 10.5. The van der Waals surface area contributed by atoms with Crippen LogP contribution in [0.25, 0.3) is 17.2 Å². The van der Waals surface area contributed by atoms with Gasteiger partial charge in [0.05, 0.1) is 18.1 Å². The maximum absolute atomic E-state index is 4.54. The van der Waals surface area contributed by atoms with Crippen LogP contribution < -0.4 is 0 Å². The van der Waals surface area contributed by atoms with E-state index in [0.29, 0.717) is 0 Å². The Bertz CT molecular complexity index is 931. The summed E-state index contributed by atoms with van der Waals surface area (Å²) in [4.78, 5) is 4.54. The molecule has 4 aromatic rings. The number of aryl methyl sites for hydroxylation is 3. The molecule has 0 bridgehead atoms. The van der Waals surface area contributed by atoms with Crippen LogP contribution in [0.1, 0.15) is 5.56 Å². The lowest BCUT2D eigenvalue weighted by atomic mass is 10.2. The highest BCUT2D eigenvalue weighted by atomic mass is 15.3. The highest BCUT2D eigenvalue weighted by Gasteiger charge is 2.13. The van der Waals surface area contributed by atoms with E-state index in [1.165, 1.54) is 5.56 Å². The highest BCUT2D eigenvalue weighted by Crippen LogP contribution is 2.21. The van der Waals surface area contributed by atoms with Gasteiger partial charge in [-0.3, -0.25) is 4.68 Å². The van der Waals surface area contributed by atoms with Crippen molar-refractivity contribution in [2.45, 2.75) is 13.0 Å². The molecule has 3 heterocycles. The fourth-order valence-corrected chi connectivity index (χ4v) is 2.82. The van der Waals surface area contributed by atoms with E-state index in [1.807, 2.05) is 83.8 Å². The Morgan fingerprint density at radius 3 is 2.67 bits per heavy atom. The molecule has 0 amide bonds. The van der Waals surface area contributed by atoms with Crippen LogP contribution in [0.3, 0.4) is 0 Å². The van der Waals surface area contributed by atoms with Crippen LogP contribution in [0, 0.1) is 0 Å². The molecule has 4 rings (SSSR count). The number of hydrogen-bond donors (Lipinski definition) is 0. The Hall–Kier alpha value is -3.15. The smallest absolute Gasteiger partial charge is 0.158 e. The second-order valence-corrected chi connectivity index (χ2v) is 5.68. The minimum Gasteiger partial charge on any atom is -0.329 e. The van der Waals surface area contributed by atoms with Crippen LogP contribution in [0.4, 0.5) is 0 Å². The third-order valence-corrected chi connectivity index (χ3v) is 3.99. The number of hydrogen-bond acceptors (Lipinski definition) is 3. The van der Waals surface area contributed by atoms with Crippen molar-refractivity contribution in [2.24, 2.45) is 7.05 Å². The number of imidazole rings is 1. The van der Waals surface area contributed by atoms with Gasteiger partial charge in [-0.1, -0.05) is 18.2 Å². The lowest BCUT2D eigenvalue weighted by molar-refractivity contribution is 0.696. The molecule has 0 atom stereocenters. The van der Waals surface area contributed by atoms with Gasteiger partial charge in [-0.15, -0.1) is 0 Å². The summed E-state index contributed by atoms with van der Waals surface area (Å²) in [5.74, 6) is 0.917. The molecule has 0 aliphatic heterocycles. The molecule has 0 aliphatic rings. The maximum atomic E-state index is 4.54. The zero-order valence-electron chi connectivity index (χ0n) is 13.4. The van der Waals surface area contributed by atoms with E-state index in [9.17, 15) is 0 Å². The van der Waals surface area contributed by atoms with Gasteiger partial charge in [-0.2, -0.15) is 10.2 Å². The Morgan fingerprint density at radius 1 is 1.00 bits per heavy atom. The Morgan fingerprint density at radius 2 is 1.88 bits per heavy atom. The van der Waals surface area contributed by atoms with E-state index < -0.39 is 0 Å². The molecule has 6 nitrogen and oxygen atoms in total. The summed E-state index contributed by atoms with van der Waals surface area (Å²) < 4.78 is 5.90. The van der Waals surface area contributed by atoms with Crippen molar-refractivity contribution in [3.8, 4) is 17.2 Å². The molecule has 0 saturated heterocycles. The Kier molecular flexibility index (Phi) is 3.70. The number of benzene rings is 1. The van der Waals surface area contributed by atoms with Gasteiger partial charge in [0.25, 0.3) is 0 Å². The van der Waals surface area contributed by atoms with E-state index in [0.717, 1.165) is 30.2 Å². The topological polar surface area (TPSA) is 53.5 Å². The summed E-state index contributed by atoms with van der Waals surface area (Å²) in [7, 11) is 1.94. The average molecular weight is 318 g/mol. The first kappa shape index (κ1) is 14.4. The second kappa shape index (κ2) is 6.16. The van der Waals surface area contributed by atoms with E-state index in [2.05, 4.69) is 19.7 Å². The molecule has 3 aromatic heterocycles. The minimum atomic E-state index is 0.848. The van der Waals surface area contributed by atoms with Crippen molar-refractivity contribution in [1.82, 2.24) is 29.1 Å². The number of aromatic nitrogens is 6. The normalized spacial score (nSPS) is 11.0. The van der Waals surface area contributed by atoms with E-state index in [-0.39, 0.29) is 0 Å². The lowest BCUT2D eigenvalue weighted by Crippen LogP contribution is -2.06. The van der Waals surface area contributed by atoms with Gasteiger partial charge in [0.15, 0.2) is 5.82 Å². The summed E-state index contributed by atoms with van der Waals surface area (Å²) in [5, 5.41) is 8.68. The molecule has 0 aliphatic carbocycles. The third kappa shape index (κ3) is 2.74. The van der Waals surface area contributed by atoms with Crippen LogP contribution in [0.5, 0.6) is 0 Å². The summed E-state index contributed by atoms with van der Waals surface area (Å²) in [6.45, 7) is 0.848. The van der Waals surface area contributed by atoms with Crippen LogP contribution in [0.15, 0.2) is 67.4 Å². The predicted octanol–water partition coefficient (Wildman–Crippen LogP) is 2.71. The standard InChI is InChI=1S/C18H18N6/c1-22-14-15(13-21-22)8-11-23-12-10-19-18(23)17-7-9-20-24(17)16-5-3-2-4-6-16/h2-7,9-10,12-14H,8,11H2,1H3. The van der Waals surface area contributed by atoms with Crippen LogP contribution in [0.2, 0.25) is 0 Å². The van der Waals surface area contributed by atoms with Crippen molar-refractivity contribution >= 4 is 0 Å². The van der Waals surface area contributed by atoms with Gasteiger partial charge >= 0.3 is 0 Å². The number of para-hydroxylation sites is 1. The molecule has 0 N–H and O–H groups in total. The monoisotopic (exact) mass is 318 g/mol. The first-order valence-corrected chi connectivity index (χ1v) is 7.90. The molecular formula is C18H18N6. The van der Waals surface area contributed by atoms with Gasteiger partial charge in [-0.05, 0) is 30.2 Å². The largest absolute Gasteiger partial charge is 0.329 e. The zero-order valence-corrected chi connectivity index (χ0v) is 13.4. The molecule has 0 spiro atoms. The molecule has 120 valence electrons. The second-order valence-electron chi connectivity index (χ2n) is 5.68. The molecule has 0 radical (unpaired) electrons. The van der Waals surface area contributed by atoms with Gasteiger partial charge < -0.3 is 4.57 Å². The lowest BCUT2D eigenvalue weighted by Gasteiger charge is -2.10. The third-order valence-electron chi connectivity index (χ3n) is 3.99. The fourth-order valence-electron chi connectivity index (χ4n) is 2.82. The quantitative estimate of drug-likeness (QED) is 0.568. The number of nitrogens with zero attached hydrogens (tertiary/aromatic N) is 6. The van der Waals surface area contributed by atoms with Crippen molar-refractivity contribution in [1.29, 1.82) is 0 Å². The molecular weight excluding hydrogens is 300 g/mol. The maximum Gasteiger partial charge on any atom is 0.158 e. The summed E-state index contributed by atoms with van der Waals surface area (Å²) in [6, 6.07) is 12.1. The molecule has 0 saturated carbocycles. The Labute approximate surface area is 140 Å². The zero-order chi connectivity index (χ0) is 16.4. The SMILES string of the molecule is Cn1cc(CCn2ccnc2-c2ccnn2-c2ccccc2)cn1. The van der Waals surface area contributed by atoms with Crippen molar-refractivity contribution in [2.75, 3.05) is 0 Å². The summed E-state index contributed by atoms with van der Waals surface area (Å²) in [5.41, 5.74) is 3.23. The van der Waals surface area contributed by atoms with Gasteiger partial charge in [-0.25, -0.2) is 9.67 Å². The van der Waals surface area contributed by atoms with Gasteiger partial charge in [0, 0.05) is 32.2 Å². The molecule has 1 aromatic carbocycles. The van der Waals surface area contributed by atoms with Crippen molar-refractivity contribution < 1.29 is 0 Å². The van der Waals surface area contributed by atoms with E-state index >= 15 is 0 Å². The molecule has 6 heteroatoms. The van der Waals surface area contributed by atoms with Crippen molar-refractivity contribution in [3.05, 3.63) is 72.9 Å². The van der Waals surface area contributed by atoms with Gasteiger partial charge in [0.2, 0.25) is 0 Å². The fraction of sp³-hybridized carbons (Fsp3) is 0.167. The molecule has 0 fully saturated rings. The van der Waals surface area contributed by atoms with Crippen LogP contribution in [-0.4, -0.2) is 29.1 Å². The first-order chi connectivity index (χ1) is 11.8. The first-order valence-electron chi connectivity index (χ1n) is 7.90.